The molecule has 1 fully saturated rings. The van der Waals surface area contributed by atoms with Crippen LogP contribution in [0.4, 0.5) is 0 Å². The first-order valence-corrected chi connectivity index (χ1v) is 11.1. The molecule has 0 unspecified atom stereocenters. The van der Waals surface area contributed by atoms with Crippen LogP contribution in [0.15, 0.2) is 42.6 Å². The monoisotopic (exact) mass is 416 g/mol. The summed E-state index contributed by atoms with van der Waals surface area (Å²) in [6, 6.07) is 11.9. The van der Waals surface area contributed by atoms with Gasteiger partial charge in [0.25, 0.3) is 5.91 Å². The topological polar surface area (TPSA) is 60.2 Å². The Morgan fingerprint density at radius 2 is 1.94 bits per heavy atom. The maximum atomic E-state index is 13.1. The largest absolute Gasteiger partial charge is 0.376 e. The molecule has 1 aromatic carbocycles. The van der Waals surface area contributed by atoms with Gasteiger partial charge in [0.15, 0.2) is 5.82 Å². The highest BCUT2D eigenvalue weighted by Gasteiger charge is 2.32. The molecule has 0 bridgehead atoms. The molecule has 2 aliphatic heterocycles. The number of benzene rings is 1. The number of pyridine rings is 1. The number of fused-ring (bicyclic) bond motifs is 1. The number of nitrogens with zero attached hydrogens (tertiary/aromatic N) is 4. The van der Waals surface area contributed by atoms with E-state index in [4.69, 9.17) is 9.84 Å². The number of carbonyl (C=O) groups excluding carboxylic acids is 1. The smallest absolute Gasteiger partial charge is 0.253 e. The second-order valence-electron chi connectivity index (χ2n) is 8.58. The number of aryl methyl sites for hydroxylation is 2. The van der Waals surface area contributed by atoms with Crippen molar-refractivity contribution in [2.75, 3.05) is 19.7 Å². The van der Waals surface area contributed by atoms with Crippen molar-refractivity contribution in [1.29, 1.82) is 0 Å². The Morgan fingerprint density at radius 3 is 2.68 bits per heavy atom. The van der Waals surface area contributed by atoms with Gasteiger partial charge < -0.3 is 9.64 Å². The van der Waals surface area contributed by atoms with Crippen molar-refractivity contribution in [2.24, 2.45) is 0 Å². The molecule has 2 aliphatic rings. The molecule has 4 heterocycles. The van der Waals surface area contributed by atoms with E-state index in [-0.39, 0.29) is 5.91 Å². The number of aromatic nitrogens is 3. The van der Waals surface area contributed by atoms with E-state index in [0.717, 1.165) is 55.0 Å². The summed E-state index contributed by atoms with van der Waals surface area (Å²) >= 11 is 0. The molecule has 6 heteroatoms. The van der Waals surface area contributed by atoms with E-state index in [9.17, 15) is 4.79 Å². The van der Waals surface area contributed by atoms with Crippen molar-refractivity contribution in [2.45, 2.75) is 45.6 Å². The van der Waals surface area contributed by atoms with E-state index in [1.54, 1.807) is 6.20 Å². The minimum absolute atomic E-state index is 0.130. The lowest BCUT2D eigenvalue weighted by Gasteiger charge is -2.33. The first kappa shape index (κ1) is 19.9. The van der Waals surface area contributed by atoms with Crippen LogP contribution in [0.3, 0.4) is 0 Å². The number of hydrogen-bond acceptors (Lipinski definition) is 4. The molecule has 1 amide bonds. The molecule has 3 aromatic rings. The van der Waals surface area contributed by atoms with Crippen LogP contribution in [0, 0.1) is 13.8 Å². The van der Waals surface area contributed by atoms with E-state index in [2.05, 4.69) is 18.8 Å². The summed E-state index contributed by atoms with van der Waals surface area (Å²) in [5.74, 6) is 1.31. The molecule has 2 aromatic heterocycles. The number of likely N-dealkylation sites (tertiary alicyclic amines) is 1. The summed E-state index contributed by atoms with van der Waals surface area (Å²) in [4.78, 5) is 19.6. The van der Waals surface area contributed by atoms with Crippen LogP contribution in [0.2, 0.25) is 0 Å². The summed E-state index contributed by atoms with van der Waals surface area (Å²) in [5, 5.41) is 4.91. The molecule has 0 atom stereocenters. The van der Waals surface area contributed by atoms with Gasteiger partial charge in [-0.1, -0.05) is 12.1 Å². The number of ether oxygens (including phenoxy) is 1. The predicted octanol–water partition coefficient (Wildman–Crippen LogP) is 3.98. The van der Waals surface area contributed by atoms with Gasteiger partial charge in [0.1, 0.15) is 0 Å². The van der Waals surface area contributed by atoms with Crippen molar-refractivity contribution >= 4 is 5.91 Å². The third-order valence-corrected chi connectivity index (χ3v) is 6.63. The molecule has 0 radical (unpaired) electrons. The first-order chi connectivity index (χ1) is 15.1. The Kier molecular flexibility index (Phi) is 5.32. The highest BCUT2D eigenvalue weighted by Crippen LogP contribution is 2.35. The zero-order chi connectivity index (χ0) is 21.4. The van der Waals surface area contributed by atoms with Gasteiger partial charge in [0.2, 0.25) is 0 Å². The summed E-state index contributed by atoms with van der Waals surface area (Å²) in [6.45, 7) is 6.96. The third-order valence-electron chi connectivity index (χ3n) is 6.63. The maximum absolute atomic E-state index is 13.1. The Labute approximate surface area is 182 Å². The molecule has 6 nitrogen and oxygen atoms in total. The molecular formula is C25H28N4O2. The molecule has 0 saturated carbocycles. The number of amides is 1. The fourth-order valence-corrected chi connectivity index (χ4v) is 4.70. The summed E-state index contributed by atoms with van der Waals surface area (Å²) in [6.07, 6.45) is 4.48. The van der Waals surface area contributed by atoms with Crippen LogP contribution in [0.1, 0.15) is 57.2 Å². The third kappa shape index (κ3) is 3.76. The molecule has 0 N–H and O–H groups in total. The van der Waals surface area contributed by atoms with Gasteiger partial charge in [-0.15, -0.1) is 0 Å². The van der Waals surface area contributed by atoms with E-state index < -0.39 is 0 Å². The van der Waals surface area contributed by atoms with Crippen LogP contribution < -0.4 is 0 Å². The van der Waals surface area contributed by atoms with Crippen molar-refractivity contribution in [3.63, 3.8) is 0 Å². The van der Waals surface area contributed by atoms with Gasteiger partial charge in [0, 0.05) is 42.8 Å². The van der Waals surface area contributed by atoms with Gasteiger partial charge in [-0.2, -0.15) is 5.10 Å². The zero-order valence-corrected chi connectivity index (χ0v) is 18.2. The molecule has 0 aliphatic carbocycles. The van der Waals surface area contributed by atoms with Crippen LogP contribution in [0.5, 0.6) is 0 Å². The number of rotatable bonds is 3. The van der Waals surface area contributed by atoms with Crippen LogP contribution in [-0.4, -0.2) is 45.3 Å². The fraction of sp³-hybridized carbons (Fsp3) is 0.400. The molecular weight excluding hydrogens is 388 g/mol. The fourth-order valence-electron chi connectivity index (χ4n) is 4.70. The summed E-state index contributed by atoms with van der Waals surface area (Å²) in [5.41, 5.74) is 6.71. The molecule has 31 heavy (non-hydrogen) atoms. The summed E-state index contributed by atoms with van der Waals surface area (Å²) in [7, 11) is 0. The minimum atomic E-state index is 0.130. The molecule has 0 spiro atoms. The van der Waals surface area contributed by atoms with E-state index >= 15 is 0 Å². The van der Waals surface area contributed by atoms with Crippen LogP contribution >= 0.6 is 0 Å². The van der Waals surface area contributed by atoms with Crippen LogP contribution in [0.25, 0.3) is 5.82 Å². The van der Waals surface area contributed by atoms with E-state index in [1.165, 1.54) is 16.8 Å². The van der Waals surface area contributed by atoms with Crippen molar-refractivity contribution in [3.05, 3.63) is 76.2 Å². The van der Waals surface area contributed by atoms with Gasteiger partial charge in [0.05, 0.1) is 24.6 Å². The first-order valence-electron chi connectivity index (χ1n) is 11.1. The Hall–Kier alpha value is -2.99. The lowest BCUT2D eigenvalue weighted by molar-refractivity contribution is 0.0709. The highest BCUT2D eigenvalue weighted by atomic mass is 16.5. The average Bonchev–Trinajstić information content (AvgIpc) is 3.21. The highest BCUT2D eigenvalue weighted by molar-refractivity contribution is 5.94. The zero-order valence-electron chi connectivity index (χ0n) is 18.2. The Bertz CT molecular complexity index is 1100. The van der Waals surface area contributed by atoms with Gasteiger partial charge in [-0.25, -0.2) is 9.67 Å². The number of hydrogen-bond donors (Lipinski definition) is 0. The van der Waals surface area contributed by atoms with Gasteiger partial charge in [-0.05, 0) is 62.1 Å². The van der Waals surface area contributed by atoms with Gasteiger partial charge in [-0.3, -0.25) is 4.79 Å². The number of carbonyl (C=O) groups is 1. The maximum Gasteiger partial charge on any atom is 0.253 e. The second kappa shape index (κ2) is 8.27. The van der Waals surface area contributed by atoms with Gasteiger partial charge >= 0.3 is 0 Å². The average molecular weight is 417 g/mol. The molecule has 5 rings (SSSR count). The SMILES string of the molecule is Cc1ccc(C(=O)N2CCC(c3c4c(nn3-c3ccccn3)CCOC4)CC2)cc1C. The molecule has 1 saturated heterocycles. The quantitative estimate of drug-likeness (QED) is 0.648. The van der Waals surface area contributed by atoms with Crippen molar-refractivity contribution < 1.29 is 9.53 Å². The summed E-state index contributed by atoms with van der Waals surface area (Å²) < 4.78 is 7.80. The standard InChI is InChI=1S/C25H28N4O2/c1-17-6-7-20(15-18(17)2)25(30)28-12-8-19(9-13-28)24-21-16-31-14-10-22(21)27-29(24)23-5-3-4-11-26-23/h3-7,11,15,19H,8-10,12-14,16H2,1-2H3. The lowest BCUT2D eigenvalue weighted by atomic mass is 9.89. The van der Waals surface area contributed by atoms with E-state index in [0.29, 0.717) is 19.1 Å². The second-order valence-corrected chi connectivity index (χ2v) is 8.58. The minimum Gasteiger partial charge on any atom is -0.376 e. The van der Waals surface area contributed by atoms with Crippen molar-refractivity contribution in [1.82, 2.24) is 19.7 Å². The molecule has 160 valence electrons. The predicted molar refractivity (Wildman–Crippen MR) is 119 cm³/mol. The van der Waals surface area contributed by atoms with Crippen molar-refractivity contribution in [3.8, 4) is 5.82 Å². The normalized spacial score (nSPS) is 16.9. The Balaban J connectivity index is 1.39. The Morgan fingerprint density at radius 1 is 1.10 bits per heavy atom. The lowest BCUT2D eigenvalue weighted by Crippen LogP contribution is -2.38. The number of piperidine rings is 1. The van der Waals surface area contributed by atoms with E-state index in [1.807, 2.05) is 46.0 Å². The van der Waals surface area contributed by atoms with Crippen LogP contribution in [-0.2, 0) is 17.8 Å².